The van der Waals surface area contributed by atoms with E-state index in [0.717, 1.165) is 4.90 Å². The number of benzene rings is 1. The maximum Gasteiger partial charge on any atom is 0.405 e. The largest absolute Gasteiger partial charge is 0.405 e. The summed E-state index contributed by atoms with van der Waals surface area (Å²) in [5.41, 5.74) is 7.03. The van der Waals surface area contributed by atoms with Gasteiger partial charge in [0.15, 0.2) is 0 Å². The fraction of sp³-hybridized carbons (Fsp3) is 0.538. The number of hydrogen-bond donors (Lipinski definition) is 2. The lowest BCUT2D eigenvalue weighted by Gasteiger charge is -2.28. The Morgan fingerprint density at radius 1 is 1.32 bits per heavy atom. The van der Waals surface area contributed by atoms with Crippen LogP contribution in [0.25, 0.3) is 0 Å². The molecule has 1 atom stereocenters. The Labute approximate surface area is 110 Å². The van der Waals surface area contributed by atoms with E-state index in [1.807, 2.05) is 6.92 Å². The molecule has 0 saturated carbocycles. The average Bonchev–Trinajstić information content (AvgIpc) is 2.36. The highest BCUT2D eigenvalue weighted by Crippen LogP contribution is 2.29. The van der Waals surface area contributed by atoms with Crippen LogP contribution in [0.5, 0.6) is 0 Å². The van der Waals surface area contributed by atoms with Crippen LogP contribution in [0.4, 0.5) is 18.9 Å². The number of nitrogens with zero attached hydrogens (tertiary/aromatic N) is 1. The molecule has 0 fully saturated rings. The van der Waals surface area contributed by atoms with Crippen molar-refractivity contribution in [2.24, 2.45) is 5.73 Å². The van der Waals surface area contributed by atoms with Crippen LogP contribution >= 0.6 is 0 Å². The highest BCUT2D eigenvalue weighted by molar-refractivity contribution is 5.55. The van der Waals surface area contributed by atoms with E-state index in [0.29, 0.717) is 17.7 Å². The summed E-state index contributed by atoms with van der Waals surface area (Å²) < 4.78 is 37.7. The number of rotatable bonds is 6. The van der Waals surface area contributed by atoms with Crippen molar-refractivity contribution < 1.29 is 18.3 Å². The summed E-state index contributed by atoms with van der Waals surface area (Å²) in [6, 6.07) is 6.43. The van der Waals surface area contributed by atoms with Crippen molar-refractivity contribution in [3.63, 3.8) is 0 Å². The first kappa shape index (κ1) is 15.8. The smallest absolute Gasteiger partial charge is 0.395 e. The van der Waals surface area contributed by atoms with E-state index in [-0.39, 0.29) is 19.2 Å². The van der Waals surface area contributed by atoms with Crippen LogP contribution < -0.4 is 10.6 Å². The van der Waals surface area contributed by atoms with Crippen molar-refractivity contribution >= 4 is 5.69 Å². The van der Waals surface area contributed by atoms with E-state index in [2.05, 4.69) is 0 Å². The maximum atomic E-state index is 12.6. The van der Waals surface area contributed by atoms with Gasteiger partial charge in [-0.15, -0.1) is 0 Å². The van der Waals surface area contributed by atoms with Crippen LogP contribution in [0, 0.1) is 0 Å². The number of nitrogens with two attached hydrogens (primary N) is 1. The average molecular weight is 276 g/mol. The molecule has 0 aliphatic rings. The van der Waals surface area contributed by atoms with Crippen LogP contribution in [0.15, 0.2) is 24.3 Å². The van der Waals surface area contributed by atoms with Crippen LogP contribution in [-0.4, -0.2) is 31.0 Å². The third kappa shape index (κ3) is 4.72. The monoisotopic (exact) mass is 276 g/mol. The first-order valence-corrected chi connectivity index (χ1v) is 6.16. The Balaban J connectivity index is 3.08. The van der Waals surface area contributed by atoms with E-state index in [1.165, 1.54) is 0 Å². The lowest BCUT2D eigenvalue weighted by Crippen LogP contribution is -2.37. The van der Waals surface area contributed by atoms with Gasteiger partial charge < -0.3 is 15.7 Å². The van der Waals surface area contributed by atoms with Gasteiger partial charge >= 0.3 is 6.18 Å². The van der Waals surface area contributed by atoms with Crippen molar-refractivity contribution in [2.45, 2.75) is 25.6 Å². The number of alkyl halides is 3. The van der Waals surface area contributed by atoms with Crippen molar-refractivity contribution in [1.29, 1.82) is 0 Å². The number of halogens is 3. The number of aliphatic hydroxyl groups is 1. The van der Waals surface area contributed by atoms with E-state index in [9.17, 15) is 13.2 Å². The molecule has 0 unspecified atom stereocenters. The molecule has 0 bridgehead atoms. The Kier molecular flexibility index (Phi) is 5.62. The molecule has 0 aromatic heterocycles. The molecule has 19 heavy (non-hydrogen) atoms. The van der Waals surface area contributed by atoms with Gasteiger partial charge in [-0.2, -0.15) is 13.2 Å². The zero-order valence-electron chi connectivity index (χ0n) is 10.8. The van der Waals surface area contributed by atoms with Crippen LogP contribution in [-0.2, 0) is 0 Å². The van der Waals surface area contributed by atoms with Gasteiger partial charge in [0, 0.05) is 18.3 Å². The van der Waals surface area contributed by atoms with Gasteiger partial charge in [0.25, 0.3) is 0 Å². The molecule has 0 aliphatic heterocycles. The normalized spacial score (nSPS) is 13.4. The zero-order chi connectivity index (χ0) is 14.5. The molecule has 1 rings (SSSR count). The Bertz CT molecular complexity index is 396. The summed E-state index contributed by atoms with van der Waals surface area (Å²) in [5.74, 6) is 0. The number of hydrogen-bond acceptors (Lipinski definition) is 3. The van der Waals surface area contributed by atoms with Gasteiger partial charge in [-0.05, 0) is 18.1 Å². The second kappa shape index (κ2) is 6.77. The third-order valence-electron chi connectivity index (χ3n) is 2.86. The highest BCUT2D eigenvalue weighted by atomic mass is 19.4. The topological polar surface area (TPSA) is 49.5 Å². The Morgan fingerprint density at radius 3 is 2.47 bits per heavy atom. The molecule has 1 aromatic carbocycles. The van der Waals surface area contributed by atoms with Gasteiger partial charge in [0.2, 0.25) is 0 Å². The SMILES string of the molecule is CC[C@@H](N)c1ccccc1N(CCO)CC(F)(F)F. The van der Waals surface area contributed by atoms with E-state index >= 15 is 0 Å². The maximum absolute atomic E-state index is 12.6. The highest BCUT2D eigenvalue weighted by Gasteiger charge is 2.31. The van der Waals surface area contributed by atoms with Crippen molar-refractivity contribution in [2.75, 3.05) is 24.6 Å². The molecule has 3 nitrogen and oxygen atoms in total. The molecule has 0 amide bonds. The van der Waals surface area contributed by atoms with Crippen molar-refractivity contribution in [3.8, 4) is 0 Å². The minimum Gasteiger partial charge on any atom is -0.395 e. The molecule has 0 spiro atoms. The third-order valence-corrected chi connectivity index (χ3v) is 2.86. The molecule has 0 saturated heterocycles. The minimum absolute atomic E-state index is 0.0764. The Morgan fingerprint density at radius 2 is 1.95 bits per heavy atom. The lowest BCUT2D eigenvalue weighted by molar-refractivity contribution is -0.119. The zero-order valence-corrected chi connectivity index (χ0v) is 10.8. The summed E-state index contributed by atoms with van der Waals surface area (Å²) in [6.45, 7) is 0.362. The number of anilines is 1. The van der Waals surface area contributed by atoms with Crippen LogP contribution in [0.2, 0.25) is 0 Å². The molecule has 3 N–H and O–H groups in total. The first-order valence-electron chi connectivity index (χ1n) is 6.16. The van der Waals surface area contributed by atoms with Gasteiger partial charge in [-0.3, -0.25) is 0 Å². The van der Waals surface area contributed by atoms with Crippen molar-refractivity contribution in [1.82, 2.24) is 0 Å². The first-order chi connectivity index (χ1) is 8.89. The fourth-order valence-electron chi connectivity index (χ4n) is 1.93. The second-order valence-corrected chi connectivity index (χ2v) is 4.33. The number of para-hydroxylation sites is 1. The molecule has 108 valence electrons. The molecule has 6 heteroatoms. The molecule has 0 heterocycles. The number of aliphatic hydroxyl groups excluding tert-OH is 1. The quantitative estimate of drug-likeness (QED) is 0.839. The predicted molar refractivity (Wildman–Crippen MR) is 69.0 cm³/mol. The van der Waals surface area contributed by atoms with Gasteiger partial charge in [0.05, 0.1) is 6.61 Å². The predicted octanol–water partition coefficient (Wildman–Crippen LogP) is 2.46. The van der Waals surface area contributed by atoms with Gasteiger partial charge in [-0.25, -0.2) is 0 Å². The summed E-state index contributed by atoms with van der Waals surface area (Å²) in [4.78, 5) is 1.12. The van der Waals surface area contributed by atoms with E-state index in [4.69, 9.17) is 10.8 Å². The van der Waals surface area contributed by atoms with Crippen LogP contribution in [0.1, 0.15) is 24.9 Å². The van der Waals surface area contributed by atoms with Crippen molar-refractivity contribution in [3.05, 3.63) is 29.8 Å². The summed E-state index contributed by atoms with van der Waals surface area (Å²) in [5, 5.41) is 8.94. The molecule has 1 aromatic rings. The fourth-order valence-corrected chi connectivity index (χ4v) is 1.93. The molecule has 0 aliphatic carbocycles. The van der Waals surface area contributed by atoms with Crippen LogP contribution in [0.3, 0.4) is 0 Å². The standard InChI is InChI=1S/C13H19F3N2O/c1-2-11(17)10-5-3-4-6-12(10)18(7-8-19)9-13(14,15)16/h3-6,11,19H,2,7-9,17H2,1H3/t11-/m1/s1. The summed E-state index contributed by atoms with van der Waals surface area (Å²) in [7, 11) is 0. The minimum atomic E-state index is -4.32. The van der Waals surface area contributed by atoms with E-state index < -0.39 is 12.7 Å². The van der Waals surface area contributed by atoms with Gasteiger partial charge in [-0.1, -0.05) is 25.1 Å². The van der Waals surface area contributed by atoms with E-state index in [1.54, 1.807) is 24.3 Å². The molecular formula is C13H19F3N2O. The summed E-state index contributed by atoms with van der Waals surface area (Å²) >= 11 is 0. The Hall–Kier alpha value is -1.27. The summed E-state index contributed by atoms with van der Waals surface area (Å²) in [6.07, 6.45) is -3.69. The molecular weight excluding hydrogens is 257 g/mol. The lowest BCUT2D eigenvalue weighted by atomic mass is 10.0. The molecule has 0 radical (unpaired) electrons. The van der Waals surface area contributed by atoms with Gasteiger partial charge in [0.1, 0.15) is 6.54 Å². The second-order valence-electron chi connectivity index (χ2n) is 4.33.